The van der Waals surface area contributed by atoms with Gasteiger partial charge in [0.1, 0.15) is 5.75 Å². The molecule has 0 unspecified atom stereocenters. The van der Waals surface area contributed by atoms with Gasteiger partial charge in [-0.05, 0) is 42.8 Å². The minimum absolute atomic E-state index is 0.0538. The molecule has 0 aliphatic heterocycles. The van der Waals surface area contributed by atoms with Crippen molar-refractivity contribution in [1.29, 1.82) is 0 Å². The lowest BCUT2D eigenvalue weighted by molar-refractivity contribution is 0.102. The molecule has 2 aromatic heterocycles. The number of aromatic nitrogens is 4. The zero-order chi connectivity index (χ0) is 19.1. The van der Waals surface area contributed by atoms with Gasteiger partial charge in [-0.3, -0.25) is 9.78 Å². The Hall–Kier alpha value is -2.67. The van der Waals surface area contributed by atoms with Crippen molar-refractivity contribution in [2.24, 2.45) is 0 Å². The third kappa shape index (κ3) is 4.74. The maximum absolute atomic E-state index is 12.5. The fourth-order valence-corrected chi connectivity index (χ4v) is 3.48. The van der Waals surface area contributed by atoms with E-state index < -0.39 is 0 Å². The van der Waals surface area contributed by atoms with E-state index in [0.717, 1.165) is 41.7 Å². The minimum Gasteiger partial charge on any atom is -0.497 e. The monoisotopic (exact) mass is 382 g/mol. The molecular weight excluding hydrogens is 360 g/mol. The number of unbranched alkanes of at least 4 members (excludes halogenated alkanes) is 1. The molecule has 0 N–H and O–H groups in total. The van der Waals surface area contributed by atoms with E-state index in [1.165, 1.54) is 11.8 Å². The zero-order valence-corrected chi connectivity index (χ0v) is 16.3. The number of nitrogens with zero attached hydrogens (tertiary/aromatic N) is 4. The van der Waals surface area contributed by atoms with Crippen LogP contribution < -0.4 is 4.74 Å². The summed E-state index contributed by atoms with van der Waals surface area (Å²) in [6.45, 7) is 2.97. The van der Waals surface area contributed by atoms with Crippen LogP contribution in [0.5, 0.6) is 5.75 Å². The van der Waals surface area contributed by atoms with Crippen molar-refractivity contribution >= 4 is 17.5 Å². The first kappa shape index (κ1) is 19.1. The molecule has 0 fully saturated rings. The maximum atomic E-state index is 12.5. The fourth-order valence-electron chi connectivity index (χ4n) is 2.62. The molecule has 7 heteroatoms. The van der Waals surface area contributed by atoms with E-state index in [0.29, 0.717) is 11.3 Å². The number of ether oxygens (including phenoxy) is 1. The minimum atomic E-state index is 0.0538. The third-order valence-electron chi connectivity index (χ3n) is 4.13. The smallest absolute Gasteiger partial charge is 0.191 e. The molecule has 1 aromatic carbocycles. The van der Waals surface area contributed by atoms with Gasteiger partial charge in [0.2, 0.25) is 0 Å². The first-order valence-electron chi connectivity index (χ1n) is 8.86. The van der Waals surface area contributed by atoms with E-state index >= 15 is 0 Å². The Morgan fingerprint density at radius 3 is 2.52 bits per heavy atom. The Morgan fingerprint density at radius 1 is 1.11 bits per heavy atom. The highest BCUT2D eigenvalue weighted by Crippen LogP contribution is 2.25. The van der Waals surface area contributed by atoms with Crippen molar-refractivity contribution in [3.63, 3.8) is 0 Å². The van der Waals surface area contributed by atoms with Crippen molar-refractivity contribution in [2.75, 3.05) is 12.9 Å². The van der Waals surface area contributed by atoms with Gasteiger partial charge in [0, 0.05) is 30.1 Å². The number of thioether (sulfide) groups is 1. The highest BCUT2D eigenvalue weighted by molar-refractivity contribution is 7.99. The molecule has 0 spiro atoms. The van der Waals surface area contributed by atoms with Crippen molar-refractivity contribution in [3.8, 4) is 17.1 Å². The van der Waals surface area contributed by atoms with Gasteiger partial charge in [-0.25, -0.2) is 0 Å². The lowest BCUT2D eigenvalue weighted by atomic mass is 10.1. The van der Waals surface area contributed by atoms with Gasteiger partial charge >= 0.3 is 0 Å². The summed E-state index contributed by atoms with van der Waals surface area (Å²) in [5.41, 5.74) is 1.64. The van der Waals surface area contributed by atoms with Crippen LogP contribution in [0, 0.1) is 0 Å². The highest BCUT2D eigenvalue weighted by Gasteiger charge is 2.16. The number of ketones is 1. The van der Waals surface area contributed by atoms with Crippen molar-refractivity contribution < 1.29 is 9.53 Å². The molecule has 2 heterocycles. The van der Waals surface area contributed by atoms with Crippen LogP contribution in [0.3, 0.4) is 0 Å². The number of hydrogen-bond acceptors (Lipinski definition) is 6. The fraction of sp³-hybridized carbons (Fsp3) is 0.300. The molecule has 140 valence electrons. The molecular formula is C20H22N4O2S. The number of carbonyl (C=O) groups is 1. The van der Waals surface area contributed by atoms with Gasteiger partial charge in [-0.2, -0.15) is 0 Å². The van der Waals surface area contributed by atoms with Gasteiger partial charge < -0.3 is 9.30 Å². The van der Waals surface area contributed by atoms with Crippen molar-refractivity contribution in [2.45, 2.75) is 31.5 Å². The van der Waals surface area contributed by atoms with Gasteiger partial charge in [0.05, 0.1) is 12.9 Å². The molecule has 0 amide bonds. The second-order valence-electron chi connectivity index (χ2n) is 5.99. The molecule has 3 aromatic rings. The quantitative estimate of drug-likeness (QED) is 0.409. The van der Waals surface area contributed by atoms with Gasteiger partial charge in [-0.15, -0.1) is 10.2 Å². The molecule has 6 nitrogen and oxygen atoms in total. The summed E-state index contributed by atoms with van der Waals surface area (Å²) in [5.74, 6) is 1.91. The molecule has 0 radical (unpaired) electrons. The van der Waals surface area contributed by atoms with Crippen LogP contribution in [0.4, 0.5) is 0 Å². The highest BCUT2D eigenvalue weighted by atomic mass is 32.2. The Morgan fingerprint density at radius 2 is 1.85 bits per heavy atom. The standard InChI is InChI=1S/C20H22N4O2S/c1-3-4-13-24-19(16-9-11-21-12-10-16)22-23-20(24)27-14-18(25)15-5-7-17(26-2)8-6-15/h5-12H,3-4,13-14H2,1-2H3. The van der Waals surface area contributed by atoms with Crippen LogP contribution >= 0.6 is 11.8 Å². The van der Waals surface area contributed by atoms with Crippen LogP contribution in [0.15, 0.2) is 53.9 Å². The predicted octanol–water partition coefficient (Wildman–Crippen LogP) is 4.12. The van der Waals surface area contributed by atoms with Crippen LogP contribution in [0.2, 0.25) is 0 Å². The Labute approximate surface area is 163 Å². The van der Waals surface area contributed by atoms with E-state index in [2.05, 4.69) is 26.7 Å². The number of pyridine rings is 1. The first-order valence-corrected chi connectivity index (χ1v) is 9.85. The molecule has 0 saturated carbocycles. The molecule has 0 bridgehead atoms. The van der Waals surface area contributed by atoms with E-state index in [-0.39, 0.29) is 5.78 Å². The molecule has 0 saturated heterocycles. The first-order chi connectivity index (χ1) is 13.2. The number of rotatable bonds is 9. The molecule has 27 heavy (non-hydrogen) atoms. The molecule has 3 rings (SSSR count). The molecule has 0 atom stereocenters. The number of carbonyl (C=O) groups excluding carboxylic acids is 1. The second-order valence-corrected chi connectivity index (χ2v) is 6.93. The SMILES string of the molecule is CCCCn1c(SCC(=O)c2ccc(OC)cc2)nnc1-c1ccncc1. The van der Waals surface area contributed by atoms with Gasteiger partial charge in [0.15, 0.2) is 16.8 Å². The Balaban J connectivity index is 1.75. The average Bonchev–Trinajstić information content (AvgIpc) is 3.13. The van der Waals surface area contributed by atoms with E-state index in [1.807, 2.05) is 12.1 Å². The van der Waals surface area contributed by atoms with Crippen molar-refractivity contribution in [1.82, 2.24) is 19.7 Å². The lowest BCUT2D eigenvalue weighted by Gasteiger charge is -2.09. The van der Waals surface area contributed by atoms with E-state index in [4.69, 9.17) is 4.74 Å². The van der Waals surface area contributed by atoms with E-state index in [1.54, 1.807) is 43.8 Å². The summed E-state index contributed by atoms with van der Waals surface area (Å²) < 4.78 is 7.22. The zero-order valence-electron chi connectivity index (χ0n) is 15.5. The predicted molar refractivity (Wildman–Crippen MR) is 106 cm³/mol. The number of methoxy groups -OCH3 is 1. The largest absolute Gasteiger partial charge is 0.497 e. The summed E-state index contributed by atoms with van der Waals surface area (Å²) >= 11 is 1.42. The van der Waals surface area contributed by atoms with Crippen molar-refractivity contribution in [3.05, 3.63) is 54.4 Å². The van der Waals surface area contributed by atoms with E-state index in [9.17, 15) is 4.79 Å². The lowest BCUT2D eigenvalue weighted by Crippen LogP contribution is -2.06. The van der Waals surface area contributed by atoms with Crippen LogP contribution in [0.1, 0.15) is 30.1 Å². The maximum Gasteiger partial charge on any atom is 0.191 e. The van der Waals surface area contributed by atoms with Gasteiger partial charge in [0.25, 0.3) is 0 Å². The van der Waals surface area contributed by atoms with Gasteiger partial charge in [-0.1, -0.05) is 25.1 Å². The summed E-state index contributed by atoms with van der Waals surface area (Å²) in [7, 11) is 1.61. The van der Waals surface area contributed by atoms with Crippen LogP contribution in [-0.4, -0.2) is 38.4 Å². The Bertz CT molecular complexity index is 879. The van der Waals surface area contributed by atoms with Crippen LogP contribution in [-0.2, 0) is 6.54 Å². The topological polar surface area (TPSA) is 69.9 Å². The normalized spacial score (nSPS) is 10.7. The molecule has 0 aliphatic carbocycles. The average molecular weight is 382 g/mol. The third-order valence-corrected chi connectivity index (χ3v) is 5.10. The Kier molecular flexibility index (Phi) is 6.59. The number of Topliss-reactive ketones (excluding diaryl/α,β-unsaturated/α-hetero) is 1. The summed E-state index contributed by atoms with van der Waals surface area (Å²) in [5, 5.41) is 9.43. The second kappa shape index (κ2) is 9.32. The summed E-state index contributed by atoms with van der Waals surface area (Å²) in [6, 6.07) is 11.0. The van der Waals surface area contributed by atoms with Crippen LogP contribution in [0.25, 0.3) is 11.4 Å². The molecule has 0 aliphatic rings. The summed E-state index contributed by atoms with van der Waals surface area (Å²) in [4.78, 5) is 16.6. The summed E-state index contributed by atoms with van der Waals surface area (Å²) in [6.07, 6.45) is 5.58. The number of hydrogen-bond donors (Lipinski definition) is 0. The number of benzene rings is 1.